The maximum Gasteiger partial charge on any atom is 0.328 e. The summed E-state index contributed by atoms with van der Waals surface area (Å²) in [6, 6.07) is 5.69. The first kappa shape index (κ1) is 11.8. The fraction of sp³-hybridized carbons (Fsp3) is 0.182. The molecule has 0 aliphatic heterocycles. The van der Waals surface area contributed by atoms with Crippen molar-refractivity contribution in [3.8, 4) is 0 Å². The molecule has 0 heterocycles. The largest absolute Gasteiger partial charge is 0.478 e. The van der Waals surface area contributed by atoms with Crippen LogP contribution in [-0.2, 0) is 4.79 Å². The number of carbonyl (C=O) groups is 1. The first-order valence-corrected chi connectivity index (χ1v) is 5.18. The van der Waals surface area contributed by atoms with Crippen LogP contribution >= 0.6 is 15.9 Å². The highest BCUT2D eigenvalue weighted by atomic mass is 79.9. The molecule has 1 aromatic carbocycles. The third kappa shape index (κ3) is 3.40. The van der Waals surface area contributed by atoms with Gasteiger partial charge in [-0.1, -0.05) is 6.07 Å². The van der Waals surface area contributed by atoms with Crippen molar-refractivity contribution in [2.45, 2.75) is 0 Å². The first-order valence-electron chi connectivity index (χ1n) is 4.38. The molecule has 0 atom stereocenters. The number of anilines is 1. The monoisotopic (exact) mass is 269 g/mol. The second kappa shape index (κ2) is 4.98. The molecule has 0 bridgehead atoms. The van der Waals surface area contributed by atoms with Crippen LogP contribution in [0.5, 0.6) is 0 Å². The summed E-state index contributed by atoms with van der Waals surface area (Å²) in [5.41, 5.74) is 1.91. The minimum atomic E-state index is -0.942. The Labute approximate surface area is 97.1 Å². The minimum Gasteiger partial charge on any atom is -0.478 e. The van der Waals surface area contributed by atoms with Crippen LogP contribution < -0.4 is 4.90 Å². The van der Waals surface area contributed by atoms with Gasteiger partial charge in [0.25, 0.3) is 0 Å². The Hall–Kier alpha value is -1.29. The lowest BCUT2D eigenvalue weighted by molar-refractivity contribution is -0.131. The maximum absolute atomic E-state index is 10.3. The SMILES string of the molecule is CN(C)c1ccc(C=CC(=O)O)cc1Br. The number of halogens is 1. The van der Waals surface area contributed by atoms with E-state index in [0.29, 0.717) is 0 Å². The van der Waals surface area contributed by atoms with Crippen LogP contribution in [0, 0.1) is 0 Å². The van der Waals surface area contributed by atoms with E-state index in [1.54, 1.807) is 6.08 Å². The molecule has 1 aromatic rings. The Balaban J connectivity index is 2.96. The third-order valence-electron chi connectivity index (χ3n) is 1.87. The summed E-state index contributed by atoms with van der Waals surface area (Å²) in [7, 11) is 3.90. The molecule has 1 rings (SSSR count). The van der Waals surface area contributed by atoms with Gasteiger partial charge in [0.05, 0.1) is 5.69 Å². The number of carboxylic acids is 1. The molecule has 1 N–H and O–H groups in total. The van der Waals surface area contributed by atoms with E-state index in [-0.39, 0.29) is 0 Å². The van der Waals surface area contributed by atoms with E-state index in [0.717, 1.165) is 21.8 Å². The van der Waals surface area contributed by atoms with E-state index in [2.05, 4.69) is 15.9 Å². The summed E-state index contributed by atoms with van der Waals surface area (Å²) in [6.45, 7) is 0. The van der Waals surface area contributed by atoms with Crippen molar-refractivity contribution in [1.29, 1.82) is 0 Å². The van der Waals surface area contributed by atoms with Crippen LogP contribution in [0.15, 0.2) is 28.7 Å². The van der Waals surface area contributed by atoms with Crippen molar-refractivity contribution < 1.29 is 9.90 Å². The van der Waals surface area contributed by atoms with Gasteiger partial charge >= 0.3 is 5.97 Å². The van der Waals surface area contributed by atoms with Crippen molar-refractivity contribution in [3.05, 3.63) is 34.3 Å². The van der Waals surface area contributed by atoms with Gasteiger partial charge < -0.3 is 10.0 Å². The Morgan fingerprint density at radius 3 is 2.60 bits per heavy atom. The normalized spacial score (nSPS) is 10.6. The van der Waals surface area contributed by atoms with Crippen LogP contribution in [0.4, 0.5) is 5.69 Å². The van der Waals surface area contributed by atoms with E-state index in [4.69, 9.17) is 5.11 Å². The fourth-order valence-corrected chi connectivity index (χ4v) is 1.91. The number of hydrogen-bond acceptors (Lipinski definition) is 2. The van der Waals surface area contributed by atoms with Gasteiger partial charge in [0.2, 0.25) is 0 Å². The van der Waals surface area contributed by atoms with E-state index < -0.39 is 5.97 Å². The average Bonchev–Trinajstić information content (AvgIpc) is 2.14. The number of rotatable bonds is 3. The van der Waals surface area contributed by atoms with Gasteiger partial charge in [-0.2, -0.15) is 0 Å². The molecule has 3 nitrogen and oxygen atoms in total. The third-order valence-corrected chi connectivity index (χ3v) is 2.51. The van der Waals surface area contributed by atoms with Crippen LogP contribution in [0.3, 0.4) is 0 Å². The van der Waals surface area contributed by atoms with Crippen molar-refractivity contribution in [1.82, 2.24) is 0 Å². The molecule has 0 saturated carbocycles. The highest BCUT2D eigenvalue weighted by Gasteiger charge is 2.01. The molecule has 0 aliphatic carbocycles. The van der Waals surface area contributed by atoms with E-state index in [1.165, 1.54) is 0 Å². The zero-order chi connectivity index (χ0) is 11.4. The quantitative estimate of drug-likeness (QED) is 0.858. The van der Waals surface area contributed by atoms with Gasteiger partial charge in [-0.15, -0.1) is 0 Å². The Kier molecular flexibility index (Phi) is 3.91. The van der Waals surface area contributed by atoms with Crippen molar-refractivity contribution in [2.75, 3.05) is 19.0 Å². The smallest absolute Gasteiger partial charge is 0.328 e. The molecule has 0 aliphatic rings. The number of carboxylic acid groups (broad SMARTS) is 1. The molecule has 15 heavy (non-hydrogen) atoms. The zero-order valence-electron chi connectivity index (χ0n) is 8.57. The molecule has 0 spiro atoms. The summed E-state index contributed by atoms with van der Waals surface area (Å²) in [5, 5.41) is 8.48. The molecule has 0 unspecified atom stereocenters. The van der Waals surface area contributed by atoms with Crippen molar-refractivity contribution >= 4 is 33.7 Å². The molecule has 0 fully saturated rings. The Morgan fingerprint density at radius 1 is 1.47 bits per heavy atom. The second-order valence-electron chi connectivity index (χ2n) is 3.28. The van der Waals surface area contributed by atoms with Gasteiger partial charge in [0.1, 0.15) is 0 Å². The second-order valence-corrected chi connectivity index (χ2v) is 4.13. The summed E-state index contributed by atoms with van der Waals surface area (Å²) < 4.78 is 0.944. The highest BCUT2D eigenvalue weighted by Crippen LogP contribution is 2.26. The van der Waals surface area contributed by atoms with Crippen molar-refractivity contribution in [2.24, 2.45) is 0 Å². The predicted molar refractivity (Wildman–Crippen MR) is 65.1 cm³/mol. The van der Waals surface area contributed by atoms with Crippen LogP contribution in [-0.4, -0.2) is 25.2 Å². The number of benzene rings is 1. The number of hydrogen-bond donors (Lipinski definition) is 1. The summed E-state index contributed by atoms with van der Waals surface area (Å²) in [5.74, 6) is -0.942. The summed E-state index contributed by atoms with van der Waals surface area (Å²) in [6.07, 6.45) is 2.68. The van der Waals surface area contributed by atoms with Gasteiger partial charge in [-0.05, 0) is 39.7 Å². The fourth-order valence-electron chi connectivity index (χ4n) is 1.16. The van der Waals surface area contributed by atoms with E-state index >= 15 is 0 Å². The maximum atomic E-state index is 10.3. The van der Waals surface area contributed by atoms with Gasteiger partial charge in [-0.3, -0.25) is 0 Å². The van der Waals surface area contributed by atoms with Gasteiger partial charge in [0, 0.05) is 24.6 Å². The topological polar surface area (TPSA) is 40.5 Å². The molecular weight excluding hydrogens is 258 g/mol. The molecule has 0 aromatic heterocycles. The van der Waals surface area contributed by atoms with Crippen LogP contribution in [0.1, 0.15) is 5.56 Å². The van der Waals surface area contributed by atoms with E-state index in [1.807, 2.05) is 37.2 Å². The van der Waals surface area contributed by atoms with Crippen LogP contribution in [0.25, 0.3) is 6.08 Å². The number of aliphatic carboxylic acids is 1. The van der Waals surface area contributed by atoms with Gasteiger partial charge in [-0.25, -0.2) is 4.79 Å². The first-order chi connectivity index (χ1) is 7.00. The minimum absolute atomic E-state index is 0.856. The lowest BCUT2D eigenvalue weighted by Crippen LogP contribution is -2.09. The predicted octanol–water partition coefficient (Wildman–Crippen LogP) is 2.61. The Morgan fingerprint density at radius 2 is 2.13 bits per heavy atom. The summed E-state index contributed by atoms with van der Waals surface area (Å²) in [4.78, 5) is 12.3. The lowest BCUT2D eigenvalue weighted by Gasteiger charge is -2.14. The van der Waals surface area contributed by atoms with Crippen molar-refractivity contribution in [3.63, 3.8) is 0 Å². The molecule has 0 amide bonds. The van der Waals surface area contributed by atoms with E-state index in [9.17, 15) is 4.79 Å². The van der Waals surface area contributed by atoms with Gasteiger partial charge in [0.15, 0.2) is 0 Å². The molecular formula is C11H12BrNO2. The zero-order valence-corrected chi connectivity index (χ0v) is 10.2. The molecule has 0 saturated heterocycles. The Bertz CT molecular complexity index is 400. The molecule has 80 valence electrons. The standard InChI is InChI=1S/C11H12BrNO2/c1-13(2)10-5-3-8(7-9(10)12)4-6-11(14)15/h3-7H,1-2H3,(H,14,15). The number of nitrogens with zero attached hydrogens (tertiary/aromatic N) is 1. The summed E-state index contributed by atoms with van der Waals surface area (Å²) >= 11 is 3.43. The highest BCUT2D eigenvalue weighted by molar-refractivity contribution is 9.10. The lowest BCUT2D eigenvalue weighted by atomic mass is 10.2. The average molecular weight is 270 g/mol. The van der Waals surface area contributed by atoms with Crippen LogP contribution in [0.2, 0.25) is 0 Å². The molecule has 4 heteroatoms. The molecule has 0 radical (unpaired) electrons.